The van der Waals surface area contributed by atoms with Crippen LogP contribution in [0.5, 0.6) is 0 Å². The minimum atomic E-state index is -0.277. The minimum Gasteiger partial charge on any atom is -0.350 e. The van der Waals surface area contributed by atoms with Gasteiger partial charge in [0.05, 0.1) is 0 Å². The van der Waals surface area contributed by atoms with E-state index in [1.165, 1.54) is 0 Å². The molecule has 2 heteroatoms. The van der Waals surface area contributed by atoms with E-state index in [9.17, 15) is 4.79 Å². The fourth-order valence-electron chi connectivity index (χ4n) is 1.59. The van der Waals surface area contributed by atoms with Gasteiger partial charge in [0.15, 0.2) is 0 Å². The van der Waals surface area contributed by atoms with E-state index >= 15 is 0 Å². The molecule has 0 spiro atoms. The number of hydrogen-bond donors (Lipinski definition) is 1. The molecule has 1 rings (SSSR count). The normalized spacial score (nSPS) is 20.4. The lowest BCUT2D eigenvalue weighted by Crippen LogP contribution is -2.49. The molecule has 1 aliphatic carbocycles. The molecule has 1 amide bonds. The second-order valence-electron chi connectivity index (χ2n) is 6.54. The fraction of sp³-hybridized carbons (Fsp3) is 0.917. The lowest BCUT2D eigenvalue weighted by Gasteiger charge is -2.34. The maximum absolute atomic E-state index is 11.9. The predicted octanol–water partition coefficient (Wildman–Crippen LogP) is 2.73. The summed E-state index contributed by atoms with van der Waals surface area (Å²) in [5, 5.41) is 3.21. The molecule has 0 unspecified atom stereocenters. The van der Waals surface area contributed by atoms with Crippen LogP contribution in [0.2, 0.25) is 0 Å². The number of nitrogens with one attached hydrogen (secondary N) is 1. The second kappa shape index (κ2) is 2.98. The minimum absolute atomic E-state index is 0.0668. The molecule has 14 heavy (non-hydrogen) atoms. The highest BCUT2D eigenvalue weighted by atomic mass is 16.2. The lowest BCUT2D eigenvalue weighted by molar-refractivity contribution is -0.130. The maximum atomic E-state index is 11.9. The second-order valence-corrected chi connectivity index (χ2v) is 6.54. The largest absolute Gasteiger partial charge is 0.350 e. The molecule has 0 aromatic heterocycles. The Morgan fingerprint density at radius 3 is 1.71 bits per heavy atom. The van der Waals surface area contributed by atoms with E-state index in [0.717, 1.165) is 12.8 Å². The summed E-state index contributed by atoms with van der Waals surface area (Å²) < 4.78 is 0. The zero-order valence-electron chi connectivity index (χ0n) is 10.3. The third kappa shape index (κ3) is 2.10. The highest BCUT2D eigenvalue weighted by molar-refractivity contribution is 5.82. The molecule has 0 bridgehead atoms. The van der Waals surface area contributed by atoms with Crippen LogP contribution in [0.1, 0.15) is 54.4 Å². The Bertz CT molecular complexity index is 238. The summed E-state index contributed by atoms with van der Waals surface area (Å²) in [7, 11) is 0. The molecule has 2 nitrogen and oxygen atoms in total. The Kier molecular flexibility index (Phi) is 2.46. The van der Waals surface area contributed by atoms with Crippen molar-refractivity contribution in [3.8, 4) is 0 Å². The summed E-state index contributed by atoms with van der Waals surface area (Å²) in [5.74, 6) is 0.171. The average molecular weight is 197 g/mol. The summed E-state index contributed by atoms with van der Waals surface area (Å²) in [4.78, 5) is 11.9. The van der Waals surface area contributed by atoms with Crippen LogP contribution >= 0.6 is 0 Å². The Balaban J connectivity index is 2.67. The number of rotatable bonds is 1. The summed E-state index contributed by atoms with van der Waals surface area (Å²) >= 11 is 0. The van der Waals surface area contributed by atoms with E-state index in [2.05, 4.69) is 26.1 Å². The van der Waals surface area contributed by atoms with E-state index in [0.29, 0.717) is 0 Å². The molecule has 0 radical (unpaired) electrons. The Morgan fingerprint density at radius 1 is 1.07 bits per heavy atom. The third-order valence-corrected chi connectivity index (χ3v) is 3.22. The highest BCUT2D eigenvalue weighted by Crippen LogP contribution is 2.49. The molecule has 0 aliphatic heterocycles. The van der Waals surface area contributed by atoms with Crippen molar-refractivity contribution >= 4 is 5.91 Å². The summed E-state index contributed by atoms with van der Waals surface area (Å²) in [6.07, 6.45) is 2.25. The van der Waals surface area contributed by atoms with E-state index in [1.54, 1.807) is 0 Å². The van der Waals surface area contributed by atoms with Crippen LogP contribution in [0, 0.1) is 10.8 Å². The molecule has 82 valence electrons. The predicted molar refractivity (Wildman–Crippen MR) is 59.0 cm³/mol. The zero-order chi connectivity index (χ0) is 11.2. The SMILES string of the molecule is CC(C)(C)C(=O)NC1(C(C)(C)C)CC1. The van der Waals surface area contributed by atoms with Gasteiger partial charge in [0.1, 0.15) is 0 Å². The molecular weight excluding hydrogens is 174 g/mol. The van der Waals surface area contributed by atoms with Crippen molar-refractivity contribution in [2.75, 3.05) is 0 Å². The number of carbonyl (C=O) groups excluding carboxylic acids is 1. The van der Waals surface area contributed by atoms with E-state index < -0.39 is 0 Å². The zero-order valence-corrected chi connectivity index (χ0v) is 10.3. The average Bonchev–Trinajstić information content (AvgIpc) is 2.64. The Hall–Kier alpha value is -0.530. The van der Waals surface area contributed by atoms with E-state index in [4.69, 9.17) is 0 Å². The first kappa shape index (κ1) is 11.5. The van der Waals surface area contributed by atoms with Crippen molar-refractivity contribution in [2.45, 2.75) is 59.9 Å². The quantitative estimate of drug-likeness (QED) is 0.688. The third-order valence-electron chi connectivity index (χ3n) is 3.22. The van der Waals surface area contributed by atoms with Gasteiger partial charge in [-0.25, -0.2) is 0 Å². The summed E-state index contributed by atoms with van der Waals surface area (Å²) in [6.45, 7) is 12.5. The first-order valence-electron chi connectivity index (χ1n) is 5.41. The number of carbonyl (C=O) groups is 1. The smallest absolute Gasteiger partial charge is 0.225 e. The van der Waals surface area contributed by atoms with Crippen molar-refractivity contribution in [3.05, 3.63) is 0 Å². The van der Waals surface area contributed by atoms with Crippen LogP contribution in [-0.2, 0) is 4.79 Å². The fourth-order valence-corrected chi connectivity index (χ4v) is 1.59. The van der Waals surface area contributed by atoms with Gasteiger partial charge in [0, 0.05) is 11.0 Å². The first-order valence-corrected chi connectivity index (χ1v) is 5.41. The molecule has 0 heterocycles. The molecule has 0 aromatic carbocycles. The maximum Gasteiger partial charge on any atom is 0.225 e. The van der Waals surface area contributed by atoms with Crippen LogP contribution in [0.25, 0.3) is 0 Å². The van der Waals surface area contributed by atoms with Gasteiger partial charge in [-0.05, 0) is 18.3 Å². The topological polar surface area (TPSA) is 29.1 Å². The van der Waals surface area contributed by atoms with Gasteiger partial charge in [0.2, 0.25) is 5.91 Å². The van der Waals surface area contributed by atoms with E-state index in [1.807, 2.05) is 20.8 Å². The standard InChI is InChI=1S/C12H23NO/c1-10(2,3)9(14)13-12(7-8-12)11(4,5)6/h7-8H2,1-6H3,(H,13,14). The van der Waals surface area contributed by atoms with Gasteiger partial charge in [-0.2, -0.15) is 0 Å². The van der Waals surface area contributed by atoms with E-state index in [-0.39, 0.29) is 22.3 Å². The molecule has 0 aromatic rings. The van der Waals surface area contributed by atoms with Crippen molar-refractivity contribution in [2.24, 2.45) is 10.8 Å². The summed E-state index contributed by atoms with van der Waals surface area (Å²) in [5.41, 5.74) is -0.0356. The van der Waals surface area contributed by atoms with Crippen molar-refractivity contribution in [3.63, 3.8) is 0 Å². The molecule has 0 atom stereocenters. The highest BCUT2D eigenvalue weighted by Gasteiger charge is 2.53. The lowest BCUT2D eigenvalue weighted by atomic mass is 9.83. The Labute approximate surface area is 87.5 Å². The van der Waals surface area contributed by atoms with Gasteiger partial charge >= 0.3 is 0 Å². The van der Waals surface area contributed by atoms with Crippen LogP contribution < -0.4 is 5.32 Å². The van der Waals surface area contributed by atoms with Crippen molar-refractivity contribution in [1.29, 1.82) is 0 Å². The van der Waals surface area contributed by atoms with Crippen molar-refractivity contribution in [1.82, 2.24) is 5.32 Å². The van der Waals surface area contributed by atoms with Crippen LogP contribution in [0.4, 0.5) is 0 Å². The van der Waals surface area contributed by atoms with Gasteiger partial charge in [-0.1, -0.05) is 41.5 Å². The molecule has 0 saturated heterocycles. The van der Waals surface area contributed by atoms with Crippen LogP contribution in [0.15, 0.2) is 0 Å². The monoisotopic (exact) mass is 197 g/mol. The molecule has 1 aliphatic rings. The van der Waals surface area contributed by atoms with Crippen LogP contribution in [0.3, 0.4) is 0 Å². The molecular formula is C12H23NO. The molecule has 1 N–H and O–H groups in total. The summed E-state index contributed by atoms with van der Waals surface area (Å²) in [6, 6.07) is 0. The van der Waals surface area contributed by atoms with Crippen LogP contribution in [-0.4, -0.2) is 11.4 Å². The van der Waals surface area contributed by atoms with Gasteiger partial charge in [0.25, 0.3) is 0 Å². The number of amides is 1. The van der Waals surface area contributed by atoms with Gasteiger partial charge in [-0.15, -0.1) is 0 Å². The van der Waals surface area contributed by atoms with Gasteiger partial charge < -0.3 is 5.32 Å². The van der Waals surface area contributed by atoms with Gasteiger partial charge in [-0.3, -0.25) is 4.79 Å². The molecule has 1 fully saturated rings. The Morgan fingerprint density at radius 2 is 1.50 bits per heavy atom. The first-order chi connectivity index (χ1) is 6.08. The number of hydrogen-bond acceptors (Lipinski definition) is 1. The molecule has 1 saturated carbocycles. The van der Waals surface area contributed by atoms with Crippen molar-refractivity contribution < 1.29 is 4.79 Å².